The highest BCUT2D eigenvalue weighted by molar-refractivity contribution is 6.05. The Morgan fingerprint density at radius 1 is 0.333 bits per heavy atom. The fourth-order valence-electron chi connectivity index (χ4n) is 6.40. The lowest BCUT2D eigenvalue weighted by Crippen LogP contribution is -2.00. The van der Waals surface area contributed by atoms with Crippen LogP contribution >= 0.6 is 0 Å². The van der Waals surface area contributed by atoms with Crippen LogP contribution in [0.25, 0.3) is 88.7 Å². The van der Waals surface area contributed by atoms with Crippen molar-refractivity contribution in [2.24, 2.45) is 0 Å². The standard InChI is InChI=1S/C45H29N3/c1-2-13-32(14-3-1)39-25-26-40(42-20-9-8-19-41(39)42)35-17-10-18-36(29-35)43-46-44(37-23-21-30-11-4-6-15-33(30)27-37)48-45(47-43)38-24-22-31-12-5-7-16-34(31)28-38/h1-29H/i1D,2D,3D,13D,14D. The van der Waals surface area contributed by atoms with Gasteiger partial charge in [-0.25, -0.2) is 15.0 Å². The third kappa shape index (κ3) is 5.08. The van der Waals surface area contributed by atoms with Crippen LogP contribution in [0, 0.1) is 0 Å². The summed E-state index contributed by atoms with van der Waals surface area (Å²) in [5, 5.41) is 6.14. The molecule has 3 heteroatoms. The van der Waals surface area contributed by atoms with E-state index in [1.54, 1.807) is 0 Å². The van der Waals surface area contributed by atoms with Crippen LogP contribution in [-0.2, 0) is 0 Å². The number of hydrogen-bond acceptors (Lipinski definition) is 3. The predicted molar refractivity (Wildman–Crippen MR) is 200 cm³/mol. The van der Waals surface area contributed by atoms with Gasteiger partial charge in [0.25, 0.3) is 0 Å². The van der Waals surface area contributed by atoms with Gasteiger partial charge in [0.05, 0.1) is 6.85 Å². The first kappa shape index (κ1) is 23.0. The molecule has 9 aromatic rings. The highest BCUT2D eigenvalue weighted by Gasteiger charge is 2.15. The summed E-state index contributed by atoms with van der Waals surface area (Å²) in [5.41, 5.74) is 5.20. The van der Waals surface area contributed by atoms with Gasteiger partial charge in [-0.2, -0.15) is 0 Å². The number of nitrogens with zero attached hydrogens (tertiary/aromatic N) is 3. The summed E-state index contributed by atoms with van der Waals surface area (Å²) in [6.07, 6.45) is 0. The number of benzene rings is 8. The van der Waals surface area contributed by atoms with Gasteiger partial charge in [-0.1, -0.05) is 158 Å². The fourth-order valence-corrected chi connectivity index (χ4v) is 6.40. The van der Waals surface area contributed by atoms with Crippen LogP contribution in [-0.4, -0.2) is 15.0 Å². The quantitative estimate of drug-likeness (QED) is 0.193. The van der Waals surface area contributed by atoms with E-state index in [0.717, 1.165) is 60.1 Å². The molecule has 0 bridgehead atoms. The molecule has 0 aliphatic carbocycles. The van der Waals surface area contributed by atoms with Crippen LogP contribution in [0.4, 0.5) is 0 Å². The molecule has 0 unspecified atom stereocenters. The number of hydrogen-bond donors (Lipinski definition) is 0. The Morgan fingerprint density at radius 2 is 0.792 bits per heavy atom. The summed E-state index contributed by atoms with van der Waals surface area (Å²) < 4.78 is 41.9. The fraction of sp³-hybridized carbons (Fsp3) is 0. The van der Waals surface area contributed by atoms with Crippen molar-refractivity contribution in [3.05, 3.63) is 176 Å². The first-order chi connectivity index (χ1) is 25.8. The van der Waals surface area contributed by atoms with Crippen LogP contribution in [0.3, 0.4) is 0 Å². The second-order valence-electron chi connectivity index (χ2n) is 11.7. The molecule has 48 heavy (non-hydrogen) atoms. The Bertz CT molecular complexity index is 2800. The van der Waals surface area contributed by atoms with E-state index in [4.69, 9.17) is 21.8 Å². The first-order valence-electron chi connectivity index (χ1n) is 18.3. The summed E-state index contributed by atoms with van der Waals surface area (Å²) in [7, 11) is 0. The van der Waals surface area contributed by atoms with Gasteiger partial charge < -0.3 is 0 Å². The van der Waals surface area contributed by atoms with E-state index < -0.39 is 6.04 Å². The van der Waals surface area contributed by atoms with E-state index in [2.05, 4.69) is 54.6 Å². The predicted octanol–water partition coefficient (Wildman–Crippen LogP) is 11.7. The average molecular weight is 617 g/mol. The Labute approximate surface area is 285 Å². The van der Waals surface area contributed by atoms with Crippen molar-refractivity contribution in [3.8, 4) is 56.4 Å². The Balaban J connectivity index is 1.20. The first-order valence-corrected chi connectivity index (χ1v) is 15.8. The normalized spacial score (nSPS) is 12.8. The molecule has 224 valence electrons. The summed E-state index contributed by atoms with van der Waals surface area (Å²) in [6.45, 7) is 0. The molecule has 0 aliphatic heterocycles. The largest absolute Gasteiger partial charge is 0.208 e. The maximum absolute atomic E-state index is 8.64. The zero-order chi connectivity index (χ0) is 36.2. The lowest BCUT2D eigenvalue weighted by Gasteiger charge is -2.13. The van der Waals surface area contributed by atoms with Crippen molar-refractivity contribution in [1.82, 2.24) is 15.0 Å². The van der Waals surface area contributed by atoms with E-state index in [-0.39, 0.29) is 29.7 Å². The van der Waals surface area contributed by atoms with Crippen molar-refractivity contribution in [2.75, 3.05) is 0 Å². The van der Waals surface area contributed by atoms with Crippen molar-refractivity contribution in [2.45, 2.75) is 0 Å². The molecule has 0 aliphatic rings. The van der Waals surface area contributed by atoms with Gasteiger partial charge >= 0.3 is 0 Å². The molecule has 0 saturated carbocycles. The SMILES string of the molecule is [2H]c1c([2H])c([2H])c(-c2ccc(-c3cccc(-c4nc(-c5ccc6ccccc6c5)nc(-c5ccc6ccccc6c5)n4)c3)c3ccccc23)c([2H])c1[2H]. The van der Waals surface area contributed by atoms with E-state index in [9.17, 15) is 0 Å². The minimum absolute atomic E-state index is 0.181. The van der Waals surface area contributed by atoms with Gasteiger partial charge in [0, 0.05) is 16.7 Å². The molecule has 0 atom stereocenters. The minimum Gasteiger partial charge on any atom is -0.208 e. The molecular formula is C45H29N3. The number of aromatic nitrogens is 3. The molecular weight excluding hydrogens is 583 g/mol. The van der Waals surface area contributed by atoms with Gasteiger partial charge in [-0.05, 0) is 72.8 Å². The molecule has 3 nitrogen and oxygen atoms in total. The zero-order valence-corrected chi connectivity index (χ0v) is 25.7. The third-order valence-corrected chi connectivity index (χ3v) is 8.78. The minimum atomic E-state index is -0.410. The topological polar surface area (TPSA) is 38.7 Å². The summed E-state index contributed by atoms with van der Waals surface area (Å²) in [4.78, 5) is 15.1. The monoisotopic (exact) mass is 616 g/mol. The van der Waals surface area contributed by atoms with Crippen molar-refractivity contribution in [3.63, 3.8) is 0 Å². The van der Waals surface area contributed by atoms with Gasteiger partial charge in [-0.3, -0.25) is 0 Å². The second kappa shape index (κ2) is 11.7. The lowest BCUT2D eigenvalue weighted by molar-refractivity contribution is 1.08. The smallest absolute Gasteiger partial charge is 0.164 e. The van der Waals surface area contributed by atoms with Crippen LogP contribution in [0.2, 0.25) is 0 Å². The van der Waals surface area contributed by atoms with Crippen LogP contribution in [0.5, 0.6) is 0 Å². The van der Waals surface area contributed by atoms with Crippen molar-refractivity contribution in [1.29, 1.82) is 0 Å². The maximum atomic E-state index is 8.64. The van der Waals surface area contributed by atoms with Gasteiger partial charge in [0.15, 0.2) is 17.5 Å². The van der Waals surface area contributed by atoms with Crippen LogP contribution in [0.15, 0.2) is 176 Å². The molecule has 0 radical (unpaired) electrons. The summed E-state index contributed by atoms with van der Waals surface area (Å²) >= 11 is 0. The Morgan fingerprint density at radius 3 is 1.35 bits per heavy atom. The van der Waals surface area contributed by atoms with Crippen molar-refractivity contribution >= 4 is 32.3 Å². The van der Waals surface area contributed by atoms with E-state index in [1.165, 1.54) is 0 Å². The number of fused-ring (bicyclic) bond motifs is 3. The van der Waals surface area contributed by atoms with Gasteiger partial charge in [0.1, 0.15) is 0 Å². The zero-order valence-electron chi connectivity index (χ0n) is 30.7. The molecule has 0 saturated heterocycles. The Hall–Kier alpha value is -6.45. The van der Waals surface area contributed by atoms with Crippen LogP contribution < -0.4 is 0 Å². The van der Waals surface area contributed by atoms with Crippen LogP contribution in [0.1, 0.15) is 6.85 Å². The summed E-state index contributed by atoms with van der Waals surface area (Å²) in [5.74, 6) is 1.68. The molecule has 0 spiro atoms. The number of rotatable bonds is 5. The molecule has 0 fully saturated rings. The maximum Gasteiger partial charge on any atom is 0.164 e. The molecule has 1 heterocycles. The van der Waals surface area contributed by atoms with E-state index >= 15 is 0 Å². The molecule has 0 amide bonds. The highest BCUT2D eigenvalue weighted by Crippen LogP contribution is 2.37. The highest BCUT2D eigenvalue weighted by atomic mass is 15.0. The second-order valence-corrected chi connectivity index (χ2v) is 11.7. The average Bonchev–Trinajstić information content (AvgIpc) is 3.21. The molecule has 0 N–H and O–H groups in total. The Kier molecular flexibility index (Phi) is 5.61. The molecule has 9 rings (SSSR count). The molecule has 8 aromatic carbocycles. The van der Waals surface area contributed by atoms with E-state index in [0.29, 0.717) is 23.0 Å². The van der Waals surface area contributed by atoms with E-state index in [1.807, 2.05) is 91.0 Å². The van der Waals surface area contributed by atoms with Gasteiger partial charge in [-0.15, -0.1) is 0 Å². The summed E-state index contributed by atoms with van der Waals surface area (Å²) in [6, 6.07) is 47.0. The van der Waals surface area contributed by atoms with Gasteiger partial charge in [0.2, 0.25) is 0 Å². The third-order valence-electron chi connectivity index (χ3n) is 8.78. The van der Waals surface area contributed by atoms with Crippen molar-refractivity contribution < 1.29 is 6.85 Å². The molecule has 1 aromatic heterocycles. The lowest BCUT2D eigenvalue weighted by atomic mass is 9.91.